The molecule has 0 aliphatic heterocycles. The molecule has 0 aliphatic rings. The van der Waals surface area contributed by atoms with Crippen LogP contribution in [0.25, 0.3) is 10.9 Å². The van der Waals surface area contributed by atoms with Crippen molar-refractivity contribution < 1.29 is 9.18 Å². The van der Waals surface area contributed by atoms with Crippen molar-refractivity contribution in [1.82, 2.24) is 4.98 Å². The van der Waals surface area contributed by atoms with E-state index in [-0.39, 0.29) is 17.1 Å². The lowest BCUT2D eigenvalue weighted by Crippen LogP contribution is -2.14. The summed E-state index contributed by atoms with van der Waals surface area (Å²) < 4.78 is 13.2. The van der Waals surface area contributed by atoms with Gasteiger partial charge in [0.15, 0.2) is 5.43 Å². The molecule has 1 aromatic heterocycles. The zero-order valence-corrected chi connectivity index (χ0v) is 15.2. The number of fused-ring (bicyclic) bond motifs is 1. The van der Waals surface area contributed by atoms with Crippen molar-refractivity contribution in [3.8, 4) is 0 Å². The number of pyridine rings is 1. The van der Waals surface area contributed by atoms with Gasteiger partial charge in [-0.3, -0.25) is 9.59 Å². The van der Waals surface area contributed by atoms with E-state index in [0.717, 1.165) is 12.1 Å². The Morgan fingerprint density at radius 1 is 1.15 bits per heavy atom. The first kappa shape index (κ1) is 18.2. The van der Waals surface area contributed by atoms with Crippen LogP contribution in [0.1, 0.15) is 18.2 Å². The highest BCUT2D eigenvalue weighted by Gasteiger charge is 2.06. The highest BCUT2D eigenvalue weighted by Crippen LogP contribution is 2.15. The number of hydrogen-bond acceptors (Lipinski definition) is 3. The van der Waals surface area contributed by atoms with Crippen LogP contribution in [0.3, 0.4) is 0 Å². The fraction of sp³-hybridized carbons (Fsp3) is 0.200. The van der Waals surface area contributed by atoms with E-state index in [9.17, 15) is 14.0 Å². The van der Waals surface area contributed by atoms with Gasteiger partial charge in [0.05, 0.1) is 5.75 Å². The molecule has 0 aliphatic carbocycles. The summed E-state index contributed by atoms with van der Waals surface area (Å²) in [6.07, 6.45) is 0.959. The van der Waals surface area contributed by atoms with Crippen LogP contribution in [0.2, 0.25) is 0 Å². The number of thioether (sulfide) groups is 1. The van der Waals surface area contributed by atoms with Gasteiger partial charge in [0, 0.05) is 34.1 Å². The van der Waals surface area contributed by atoms with Crippen molar-refractivity contribution >= 4 is 34.3 Å². The van der Waals surface area contributed by atoms with Crippen LogP contribution in [0.4, 0.5) is 10.1 Å². The van der Waals surface area contributed by atoms with Crippen LogP contribution in [0.5, 0.6) is 0 Å². The van der Waals surface area contributed by atoms with Gasteiger partial charge in [-0.25, -0.2) is 4.39 Å². The Balaban J connectivity index is 1.57. The number of benzene rings is 2. The second kappa shape index (κ2) is 8.19. The first-order valence-electron chi connectivity index (χ1n) is 8.33. The van der Waals surface area contributed by atoms with Gasteiger partial charge >= 0.3 is 0 Å². The minimum absolute atomic E-state index is 0.0931. The Hall–Kier alpha value is -2.60. The number of nitrogens with one attached hydrogen (secondary N) is 2. The van der Waals surface area contributed by atoms with Crippen molar-refractivity contribution in [3.05, 3.63) is 75.8 Å². The summed E-state index contributed by atoms with van der Waals surface area (Å²) in [7, 11) is 0. The lowest BCUT2D eigenvalue weighted by molar-refractivity contribution is -0.113. The maximum absolute atomic E-state index is 13.2. The molecule has 0 radical (unpaired) electrons. The number of carbonyl (C=O) groups excluding carboxylic acids is 1. The molecular weight excluding hydrogens is 351 g/mol. The Labute approximate surface area is 154 Å². The molecule has 0 bridgehead atoms. The fourth-order valence-corrected chi connectivity index (χ4v) is 3.36. The van der Waals surface area contributed by atoms with Gasteiger partial charge in [-0.2, -0.15) is 0 Å². The minimum atomic E-state index is -0.436. The predicted molar refractivity (Wildman–Crippen MR) is 105 cm³/mol. The topological polar surface area (TPSA) is 62.0 Å². The van der Waals surface area contributed by atoms with Crippen molar-refractivity contribution in [2.75, 3.05) is 11.1 Å². The van der Waals surface area contributed by atoms with Gasteiger partial charge in [0.25, 0.3) is 0 Å². The molecule has 6 heteroatoms. The SMILES string of the molecule is CCc1ccc(NC(=O)CSCc2cc(=O)c3cc(F)ccc3[nH]2)cc1. The quantitative estimate of drug-likeness (QED) is 0.687. The number of aromatic amines is 1. The highest BCUT2D eigenvalue weighted by molar-refractivity contribution is 7.99. The standard InChI is InChI=1S/C20H19FN2O2S/c1-2-13-3-6-15(7-4-13)23-20(25)12-26-11-16-10-19(24)17-9-14(21)5-8-18(17)22-16/h3-10H,2,11-12H2,1H3,(H,22,24)(H,23,25). The number of halogens is 1. The molecule has 4 nitrogen and oxygen atoms in total. The fourth-order valence-electron chi connectivity index (χ4n) is 2.63. The van der Waals surface area contributed by atoms with Crippen LogP contribution >= 0.6 is 11.8 Å². The lowest BCUT2D eigenvalue weighted by Gasteiger charge is -2.07. The highest BCUT2D eigenvalue weighted by atomic mass is 32.2. The lowest BCUT2D eigenvalue weighted by atomic mass is 10.1. The summed E-state index contributed by atoms with van der Waals surface area (Å²) in [6.45, 7) is 2.08. The molecule has 0 fully saturated rings. The van der Waals surface area contributed by atoms with Crippen molar-refractivity contribution in [2.24, 2.45) is 0 Å². The summed E-state index contributed by atoms with van der Waals surface area (Å²) in [5.74, 6) is 0.238. The van der Waals surface area contributed by atoms with Gasteiger partial charge in [0.1, 0.15) is 5.82 Å². The Morgan fingerprint density at radius 3 is 2.65 bits per heavy atom. The van der Waals surface area contributed by atoms with E-state index < -0.39 is 5.82 Å². The summed E-state index contributed by atoms with van der Waals surface area (Å²) >= 11 is 1.41. The van der Waals surface area contributed by atoms with Gasteiger partial charge < -0.3 is 10.3 Å². The number of H-pyrrole nitrogens is 1. The summed E-state index contributed by atoms with van der Waals surface area (Å²) in [5.41, 5.74) is 3.06. The molecule has 3 aromatic rings. The molecule has 0 saturated carbocycles. The molecule has 0 unspecified atom stereocenters. The van der Waals surface area contributed by atoms with Crippen LogP contribution in [-0.2, 0) is 17.0 Å². The predicted octanol–water partition coefficient (Wildman–Crippen LogP) is 4.10. The molecule has 1 heterocycles. The first-order chi connectivity index (χ1) is 12.5. The minimum Gasteiger partial charge on any atom is -0.357 e. The van der Waals surface area contributed by atoms with Crippen molar-refractivity contribution in [1.29, 1.82) is 0 Å². The van der Waals surface area contributed by atoms with E-state index in [1.165, 1.54) is 35.5 Å². The van der Waals surface area contributed by atoms with Crippen LogP contribution < -0.4 is 10.7 Å². The van der Waals surface area contributed by atoms with Crippen molar-refractivity contribution in [2.45, 2.75) is 19.1 Å². The molecule has 1 amide bonds. The van der Waals surface area contributed by atoms with Gasteiger partial charge in [-0.05, 0) is 42.3 Å². The normalized spacial score (nSPS) is 10.8. The zero-order valence-electron chi connectivity index (χ0n) is 14.3. The molecule has 26 heavy (non-hydrogen) atoms. The maximum Gasteiger partial charge on any atom is 0.234 e. The number of rotatable bonds is 6. The first-order valence-corrected chi connectivity index (χ1v) is 9.48. The summed E-state index contributed by atoms with van der Waals surface area (Å²) in [4.78, 5) is 27.2. The summed E-state index contributed by atoms with van der Waals surface area (Å²) in [5, 5.41) is 3.18. The number of amides is 1. The molecule has 0 saturated heterocycles. The van der Waals surface area contributed by atoms with E-state index in [4.69, 9.17) is 0 Å². The van der Waals surface area contributed by atoms with E-state index in [2.05, 4.69) is 17.2 Å². The monoisotopic (exact) mass is 370 g/mol. The molecule has 134 valence electrons. The number of aryl methyl sites for hydroxylation is 1. The van der Waals surface area contributed by atoms with Gasteiger partial charge in [-0.15, -0.1) is 11.8 Å². The van der Waals surface area contributed by atoms with Gasteiger partial charge in [-0.1, -0.05) is 19.1 Å². The molecule has 2 aromatic carbocycles. The Bertz CT molecular complexity index is 983. The number of anilines is 1. The average molecular weight is 370 g/mol. The Kier molecular flexibility index (Phi) is 5.73. The van der Waals surface area contributed by atoms with Crippen LogP contribution in [-0.4, -0.2) is 16.6 Å². The third-order valence-electron chi connectivity index (χ3n) is 3.98. The smallest absolute Gasteiger partial charge is 0.234 e. The molecule has 0 spiro atoms. The van der Waals surface area contributed by atoms with E-state index >= 15 is 0 Å². The Morgan fingerprint density at radius 2 is 1.92 bits per heavy atom. The number of hydrogen-bond donors (Lipinski definition) is 2. The number of aromatic nitrogens is 1. The molecular formula is C20H19FN2O2S. The van der Waals surface area contributed by atoms with E-state index in [1.54, 1.807) is 6.07 Å². The van der Waals surface area contributed by atoms with E-state index in [1.807, 2.05) is 24.3 Å². The third-order valence-corrected chi connectivity index (χ3v) is 4.97. The van der Waals surface area contributed by atoms with E-state index in [0.29, 0.717) is 22.3 Å². The van der Waals surface area contributed by atoms with Crippen LogP contribution in [0, 0.1) is 5.82 Å². The van der Waals surface area contributed by atoms with Gasteiger partial charge in [0.2, 0.25) is 5.91 Å². The molecule has 0 atom stereocenters. The summed E-state index contributed by atoms with van der Waals surface area (Å²) in [6, 6.07) is 13.3. The molecule has 2 N–H and O–H groups in total. The maximum atomic E-state index is 13.2. The van der Waals surface area contributed by atoms with Crippen molar-refractivity contribution in [3.63, 3.8) is 0 Å². The second-order valence-corrected chi connectivity index (χ2v) is 6.93. The molecule has 3 rings (SSSR count). The van der Waals surface area contributed by atoms with Crippen LogP contribution in [0.15, 0.2) is 53.3 Å². The number of carbonyl (C=O) groups is 1. The largest absolute Gasteiger partial charge is 0.357 e. The zero-order chi connectivity index (χ0) is 18.5. The second-order valence-electron chi connectivity index (χ2n) is 5.94. The average Bonchev–Trinajstić information content (AvgIpc) is 2.63. The third kappa shape index (κ3) is 4.52.